The van der Waals surface area contributed by atoms with Crippen molar-refractivity contribution in [1.82, 2.24) is 14.7 Å². The number of urea groups is 1. The Labute approximate surface area is 223 Å². The molecule has 0 radical (unpaired) electrons. The second-order valence-electron chi connectivity index (χ2n) is 9.43. The summed E-state index contributed by atoms with van der Waals surface area (Å²) in [5, 5.41) is 15.7. The number of hydrogen-bond donors (Lipinski definition) is 1. The van der Waals surface area contributed by atoms with Crippen LogP contribution in [0, 0.1) is 15.9 Å². The summed E-state index contributed by atoms with van der Waals surface area (Å²) >= 11 is 1.70. The lowest BCUT2D eigenvalue weighted by molar-refractivity contribution is -0.384. The lowest BCUT2D eigenvalue weighted by Crippen LogP contribution is -2.45. The number of nitrogens with one attached hydrogen (secondary N) is 1. The van der Waals surface area contributed by atoms with Gasteiger partial charge in [-0.15, -0.1) is 11.3 Å². The molecule has 1 fully saturated rings. The third-order valence-electron chi connectivity index (χ3n) is 7.03. The highest BCUT2D eigenvalue weighted by atomic mass is 32.1. The summed E-state index contributed by atoms with van der Waals surface area (Å²) in [4.78, 5) is 43.4. The number of fused-ring (bicyclic) bond motifs is 1. The maximum absolute atomic E-state index is 14.1. The standard InChI is InChI=1S/C27H28FN5O4S/c28-20-4-1-3-19(17-20)26-23-10-16-38-24(23)9-13-32(26)18-25(34)30-11-2-12-31(15-14-30)27(35)29-21-5-7-22(8-6-21)33(36)37/h1,3-8,10,16-17,26H,2,9,11-15,18H2,(H,29,35). The Hall–Kier alpha value is -3.83. The van der Waals surface area contributed by atoms with Crippen LogP contribution in [-0.2, 0) is 11.2 Å². The first kappa shape index (κ1) is 25.8. The van der Waals surface area contributed by atoms with Gasteiger partial charge in [-0.05, 0) is 59.7 Å². The first-order chi connectivity index (χ1) is 18.4. The second kappa shape index (κ2) is 11.3. The van der Waals surface area contributed by atoms with Crippen molar-refractivity contribution < 1.29 is 18.9 Å². The Morgan fingerprint density at radius 3 is 2.55 bits per heavy atom. The Kier molecular flexibility index (Phi) is 7.66. The summed E-state index contributed by atoms with van der Waals surface area (Å²) < 4.78 is 14.1. The Balaban J connectivity index is 1.21. The summed E-state index contributed by atoms with van der Waals surface area (Å²) in [5.41, 5.74) is 2.39. The van der Waals surface area contributed by atoms with Crippen LogP contribution in [0.1, 0.15) is 28.5 Å². The average molecular weight is 538 g/mol. The number of nitro benzene ring substituents is 1. The summed E-state index contributed by atoms with van der Waals surface area (Å²) in [6.07, 6.45) is 1.49. The van der Waals surface area contributed by atoms with E-state index in [1.54, 1.807) is 33.3 Å². The number of hydrogen-bond acceptors (Lipinski definition) is 6. The maximum Gasteiger partial charge on any atom is 0.321 e. The number of rotatable bonds is 5. The fourth-order valence-corrected chi connectivity index (χ4v) is 6.02. The van der Waals surface area contributed by atoms with Gasteiger partial charge >= 0.3 is 6.03 Å². The van der Waals surface area contributed by atoms with Crippen molar-refractivity contribution in [1.29, 1.82) is 0 Å². The fraction of sp³-hybridized carbons (Fsp3) is 0.333. The third kappa shape index (κ3) is 5.68. The molecule has 3 heterocycles. The second-order valence-corrected chi connectivity index (χ2v) is 10.4. The number of halogens is 1. The molecule has 0 bridgehead atoms. The molecular formula is C27H28FN5O4S. The van der Waals surface area contributed by atoms with E-state index >= 15 is 0 Å². The molecule has 2 aromatic carbocycles. The molecule has 9 nitrogen and oxygen atoms in total. The quantitative estimate of drug-likeness (QED) is 0.382. The number of nitrogens with zero attached hydrogens (tertiary/aromatic N) is 4. The zero-order valence-corrected chi connectivity index (χ0v) is 21.5. The van der Waals surface area contributed by atoms with Gasteiger partial charge in [-0.2, -0.15) is 0 Å². The number of carbonyl (C=O) groups is 2. The van der Waals surface area contributed by atoms with Crippen LogP contribution in [0.25, 0.3) is 0 Å². The molecule has 0 saturated carbocycles. The van der Waals surface area contributed by atoms with E-state index in [1.807, 2.05) is 11.4 Å². The highest BCUT2D eigenvalue weighted by Gasteiger charge is 2.32. The monoisotopic (exact) mass is 537 g/mol. The molecule has 11 heteroatoms. The number of non-ortho nitro benzene ring substituents is 1. The van der Waals surface area contributed by atoms with E-state index in [0.717, 1.165) is 17.5 Å². The van der Waals surface area contributed by atoms with Gasteiger partial charge in [-0.25, -0.2) is 9.18 Å². The normalized spacial score (nSPS) is 18.0. The molecule has 2 aliphatic rings. The van der Waals surface area contributed by atoms with Gasteiger partial charge in [0.25, 0.3) is 5.69 Å². The number of anilines is 1. The molecule has 1 N–H and O–H groups in total. The molecule has 1 atom stereocenters. The summed E-state index contributed by atoms with van der Waals surface area (Å²) in [6, 6.07) is 13.8. The molecule has 2 aliphatic heterocycles. The van der Waals surface area contributed by atoms with Gasteiger partial charge < -0.3 is 15.1 Å². The van der Waals surface area contributed by atoms with Crippen LogP contribution in [0.3, 0.4) is 0 Å². The highest BCUT2D eigenvalue weighted by Crippen LogP contribution is 2.37. The van der Waals surface area contributed by atoms with E-state index in [1.165, 1.54) is 35.2 Å². The number of benzene rings is 2. The maximum atomic E-state index is 14.1. The fourth-order valence-electron chi connectivity index (χ4n) is 5.12. The minimum atomic E-state index is -0.491. The van der Waals surface area contributed by atoms with Gasteiger partial charge in [-0.3, -0.25) is 19.8 Å². The molecule has 198 valence electrons. The SMILES string of the molecule is O=C(CN1CCc2sccc2C1c1cccc(F)c1)N1CCCN(C(=O)Nc2ccc([N+](=O)[O-])cc2)CC1. The van der Waals surface area contributed by atoms with E-state index in [-0.39, 0.29) is 36.0 Å². The molecular weight excluding hydrogens is 509 g/mol. The van der Waals surface area contributed by atoms with E-state index in [2.05, 4.69) is 16.3 Å². The van der Waals surface area contributed by atoms with E-state index in [0.29, 0.717) is 44.8 Å². The molecule has 0 spiro atoms. The Morgan fingerprint density at radius 2 is 1.79 bits per heavy atom. The molecule has 5 rings (SSSR count). The third-order valence-corrected chi connectivity index (χ3v) is 8.03. The molecule has 0 aliphatic carbocycles. The van der Waals surface area contributed by atoms with Crippen LogP contribution in [-0.4, -0.2) is 70.8 Å². The van der Waals surface area contributed by atoms with Crippen molar-refractivity contribution in [2.75, 3.05) is 44.6 Å². The smallest absolute Gasteiger partial charge is 0.321 e. The predicted octanol–water partition coefficient (Wildman–Crippen LogP) is 4.51. The largest absolute Gasteiger partial charge is 0.340 e. The molecule has 1 aromatic heterocycles. The van der Waals surface area contributed by atoms with Crippen LogP contribution in [0.4, 0.5) is 20.6 Å². The molecule has 3 aromatic rings. The van der Waals surface area contributed by atoms with Gasteiger partial charge in [-0.1, -0.05) is 12.1 Å². The first-order valence-corrected chi connectivity index (χ1v) is 13.4. The Bertz CT molecular complexity index is 1330. The van der Waals surface area contributed by atoms with Crippen molar-refractivity contribution in [3.63, 3.8) is 0 Å². The van der Waals surface area contributed by atoms with E-state index in [9.17, 15) is 24.1 Å². The average Bonchev–Trinajstić information content (AvgIpc) is 3.24. The van der Waals surface area contributed by atoms with Gasteiger partial charge in [0.15, 0.2) is 0 Å². The lowest BCUT2D eigenvalue weighted by atomic mass is 9.93. The molecule has 3 amide bonds. The lowest BCUT2D eigenvalue weighted by Gasteiger charge is -2.37. The zero-order valence-electron chi connectivity index (χ0n) is 20.7. The van der Waals surface area contributed by atoms with Gasteiger partial charge in [0.1, 0.15) is 5.82 Å². The summed E-state index contributed by atoms with van der Waals surface area (Å²) in [5.74, 6) is -0.307. The van der Waals surface area contributed by atoms with E-state index in [4.69, 9.17) is 0 Å². The summed E-state index contributed by atoms with van der Waals surface area (Å²) in [7, 11) is 0. The minimum Gasteiger partial charge on any atom is -0.340 e. The van der Waals surface area contributed by atoms with Gasteiger partial charge in [0.2, 0.25) is 5.91 Å². The molecule has 1 unspecified atom stereocenters. The summed E-state index contributed by atoms with van der Waals surface area (Å²) in [6.45, 7) is 2.75. The van der Waals surface area contributed by atoms with Crippen molar-refractivity contribution in [3.8, 4) is 0 Å². The topological polar surface area (TPSA) is 99.0 Å². The van der Waals surface area contributed by atoms with Gasteiger partial charge in [0.05, 0.1) is 17.5 Å². The van der Waals surface area contributed by atoms with Crippen molar-refractivity contribution in [3.05, 3.63) is 91.9 Å². The van der Waals surface area contributed by atoms with Crippen LogP contribution in [0.15, 0.2) is 60.0 Å². The minimum absolute atomic E-state index is 0.0114. The molecule has 1 saturated heterocycles. The van der Waals surface area contributed by atoms with Crippen LogP contribution in [0.5, 0.6) is 0 Å². The molecule has 38 heavy (non-hydrogen) atoms. The Morgan fingerprint density at radius 1 is 1.03 bits per heavy atom. The number of amides is 3. The van der Waals surface area contributed by atoms with Crippen molar-refractivity contribution >= 4 is 34.6 Å². The number of nitro groups is 1. The highest BCUT2D eigenvalue weighted by molar-refractivity contribution is 7.10. The number of thiophene rings is 1. The van der Waals surface area contributed by atoms with Crippen LogP contribution < -0.4 is 5.32 Å². The first-order valence-electron chi connectivity index (χ1n) is 12.5. The van der Waals surface area contributed by atoms with Crippen molar-refractivity contribution in [2.24, 2.45) is 0 Å². The van der Waals surface area contributed by atoms with Gasteiger partial charge in [0, 0.05) is 55.4 Å². The predicted molar refractivity (Wildman–Crippen MR) is 143 cm³/mol. The van der Waals surface area contributed by atoms with Crippen LogP contribution in [0.2, 0.25) is 0 Å². The van der Waals surface area contributed by atoms with E-state index < -0.39 is 4.92 Å². The van der Waals surface area contributed by atoms with Crippen LogP contribution >= 0.6 is 11.3 Å². The van der Waals surface area contributed by atoms with Crippen molar-refractivity contribution in [2.45, 2.75) is 18.9 Å². The zero-order chi connectivity index (χ0) is 26.6. The number of carbonyl (C=O) groups excluding carboxylic acids is 2.